The molecule has 0 amide bonds. The van der Waals surface area contributed by atoms with Crippen molar-refractivity contribution in [2.24, 2.45) is 0 Å². The fourth-order valence-electron chi connectivity index (χ4n) is 1.32. The Hall–Kier alpha value is -1.80. The minimum atomic E-state index is -4.32. The monoisotopic (exact) mass is 303 g/mol. The summed E-state index contributed by atoms with van der Waals surface area (Å²) in [7, 11) is 0. The number of ether oxygens (including phenoxy) is 2. The van der Waals surface area contributed by atoms with Gasteiger partial charge in [-0.15, -0.1) is 0 Å². The molecule has 0 aliphatic heterocycles. The van der Waals surface area contributed by atoms with Crippen LogP contribution >= 0.6 is 0 Å². The molecule has 0 spiro atoms. The average Bonchev–Trinajstić information content (AvgIpc) is 2.28. The molecule has 0 aliphatic rings. The van der Waals surface area contributed by atoms with Crippen molar-refractivity contribution in [3.05, 3.63) is 17.9 Å². The third-order valence-corrected chi connectivity index (χ3v) is 2.14. The highest BCUT2D eigenvalue weighted by Gasteiger charge is 2.26. The van der Waals surface area contributed by atoms with Gasteiger partial charge in [0.25, 0.3) is 0 Å². The molecular weight excluding hydrogens is 292 g/mol. The van der Waals surface area contributed by atoms with Crippen LogP contribution in [0, 0.1) is 5.82 Å². The first-order chi connectivity index (χ1) is 9.19. The van der Waals surface area contributed by atoms with Crippen LogP contribution in [0.15, 0.2) is 12.1 Å². The minimum Gasteiger partial charge on any atom is -0.491 e. The van der Waals surface area contributed by atoms with Gasteiger partial charge in [-0.25, -0.2) is 4.39 Å². The number of hydrogen-bond donors (Lipinski definition) is 1. The summed E-state index contributed by atoms with van der Waals surface area (Å²) in [4.78, 5) is 0. The number of anilines is 1. The number of benzene rings is 1. The fraction of sp³-hybridized carbons (Fsp3) is 0.455. The molecule has 0 bridgehead atoms. The molecular formula is C11H11F6NO2. The van der Waals surface area contributed by atoms with Gasteiger partial charge in [0.05, 0.1) is 12.3 Å². The van der Waals surface area contributed by atoms with Gasteiger partial charge in [0.15, 0.2) is 11.6 Å². The van der Waals surface area contributed by atoms with Crippen molar-refractivity contribution < 1.29 is 35.8 Å². The third kappa shape index (κ3) is 5.45. The summed E-state index contributed by atoms with van der Waals surface area (Å²) in [6, 6.07) is 1.46. The zero-order valence-electron chi connectivity index (χ0n) is 10.0. The van der Waals surface area contributed by atoms with E-state index in [1.807, 2.05) is 0 Å². The number of alkyl halides is 5. The van der Waals surface area contributed by atoms with Gasteiger partial charge in [0, 0.05) is 18.6 Å². The summed E-state index contributed by atoms with van der Waals surface area (Å²) in [5.41, 5.74) is 5.13. The minimum absolute atomic E-state index is 0.218. The zero-order chi connectivity index (χ0) is 15.3. The summed E-state index contributed by atoms with van der Waals surface area (Å²) < 4.78 is 81.6. The van der Waals surface area contributed by atoms with E-state index in [0.29, 0.717) is 6.07 Å². The van der Waals surface area contributed by atoms with Crippen LogP contribution in [0.25, 0.3) is 0 Å². The lowest BCUT2D eigenvalue weighted by atomic mass is 10.2. The Bertz CT molecular complexity index is 449. The van der Waals surface area contributed by atoms with E-state index in [4.69, 9.17) is 10.5 Å². The predicted octanol–water partition coefficient (Wildman–Crippen LogP) is 3.73. The third-order valence-electron chi connectivity index (χ3n) is 2.14. The molecule has 1 rings (SSSR count). The summed E-state index contributed by atoms with van der Waals surface area (Å²) in [6.07, 6.45) is -5.72. The Morgan fingerprint density at radius 1 is 1.15 bits per heavy atom. The van der Waals surface area contributed by atoms with Crippen LogP contribution in [0.5, 0.6) is 11.5 Å². The molecule has 0 fully saturated rings. The van der Waals surface area contributed by atoms with Crippen LogP contribution in [0.3, 0.4) is 0 Å². The quantitative estimate of drug-likeness (QED) is 0.495. The molecule has 20 heavy (non-hydrogen) atoms. The zero-order valence-corrected chi connectivity index (χ0v) is 10.0. The molecule has 2 N–H and O–H groups in total. The van der Waals surface area contributed by atoms with Crippen molar-refractivity contribution in [2.45, 2.75) is 25.6 Å². The van der Waals surface area contributed by atoms with E-state index in [1.54, 1.807) is 0 Å². The maximum atomic E-state index is 13.2. The van der Waals surface area contributed by atoms with Crippen molar-refractivity contribution in [2.75, 3.05) is 12.3 Å². The number of nitrogens with two attached hydrogens (primary N) is 1. The first-order valence-electron chi connectivity index (χ1n) is 5.42. The maximum Gasteiger partial charge on any atom is 0.389 e. The lowest BCUT2D eigenvalue weighted by molar-refractivity contribution is -0.136. The topological polar surface area (TPSA) is 44.5 Å². The Morgan fingerprint density at radius 2 is 1.80 bits per heavy atom. The summed E-state index contributed by atoms with van der Waals surface area (Å²) >= 11 is 0. The second-order valence-corrected chi connectivity index (χ2v) is 3.77. The highest BCUT2D eigenvalue weighted by molar-refractivity contribution is 5.56. The summed E-state index contributed by atoms with van der Waals surface area (Å²) in [6.45, 7) is -3.59. The van der Waals surface area contributed by atoms with Gasteiger partial charge in [0.1, 0.15) is 5.75 Å². The average molecular weight is 303 g/mol. The molecule has 1 aromatic rings. The van der Waals surface area contributed by atoms with Gasteiger partial charge in [-0.3, -0.25) is 0 Å². The molecule has 0 aromatic heterocycles. The van der Waals surface area contributed by atoms with E-state index >= 15 is 0 Å². The highest BCUT2D eigenvalue weighted by atomic mass is 19.4. The van der Waals surface area contributed by atoms with Crippen LogP contribution in [-0.4, -0.2) is 19.4 Å². The molecule has 0 aliphatic carbocycles. The van der Waals surface area contributed by atoms with Gasteiger partial charge in [-0.2, -0.15) is 22.0 Å². The first kappa shape index (κ1) is 16.3. The van der Waals surface area contributed by atoms with Crippen molar-refractivity contribution >= 4 is 5.69 Å². The smallest absolute Gasteiger partial charge is 0.389 e. The van der Waals surface area contributed by atoms with Gasteiger partial charge in [-0.1, -0.05) is 0 Å². The second-order valence-electron chi connectivity index (χ2n) is 3.77. The highest BCUT2D eigenvalue weighted by Crippen LogP contribution is 2.31. The Morgan fingerprint density at radius 3 is 2.35 bits per heavy atom. The molecule has 0 saturated heterocycles. The normalized spacial score (nSPS) is 11.8. The van der Waals surface area contributed by atoms with E-state index in [2.05, 4.69) is 4.74 Å². The number of nitrogen functional groups attached to an aromatic ring is 1. The standard InChI is InChI=1S/C11H11F6NO2/c12-6-4-7(18)9(5-8(6)20-10(13)14)19-3-1-2-11(15,16)17/h4-5,10H,1-3,18H2. The van der Waals surface area contributed by atoms with E-state index in [9.17, 15) is 26.3 Å². The van der Waals surface area contributed by atoms with Crippen molar-refractivity contribution in [1.29, 1.82) is 0 Å². The number of rotatable bonds is 6. The van der Waals surface area contributed by atoms with E-state index < -0.39 is 30.8 Å². The Labute approximate surface area is 110 Å². The van der Waals surface area contributed by atoms with E-state index in [-0.39, 0.29) is 24.5 Å². The van der Waals surface area contributed by atoms with Crippen LogP contribution in [0.1, 0.15) is 12.8 Å². The molecule has 3 nitrogen and oxygen atoms in total. The molecule has 0 heterocycles. The molecule has 0 unspecified atom stereocenters. The lowest BCUT2D eigenvalue weighted by Crippen LogP contribution is -2.10. The first-order valence-corrected chi connectivity index (χ1v) is 5.42. The SMILES string of the molecule is Nc1cc(F)c(OC(F)F)cc1OCCCC(F)(F)F. The molecule has 114 valence electrons. The molecule has 0 atom stereocenters. The fourth-order valence-corrected chi connectivity index (χ4v) is 1.32. The van der Waals surface area contributed by atoms with Crippen LogP contribution < -0.4 is 15.2 Å². The van der Waals surface area contributed by atoms with Crippen LogP contribution in [0.4, 0.5) is 32.0 Å². The van der Waals surface area contributed by atoms with E-state index in [1.165, 1.54) is 0 Å². The molecule has 1 aromatic carbocycles. The van der Waals surface area contributed by atoms with Crippen LogP contribution in [-0.2, 0) is 0 Å². The van der Waals surface area contributed by atoms with Crippen molar-refractivity contribution in [3.8, 4) is 11.5 Å². The number of hydrogen-bond acceptors (Lipinski definition) is 3. The lowest BCUT2D eigenvalue weighted by Gasteiger charge is -2.12. The molecule has 0 radical (unpaired) electrons. The van der Waals surface area contributed by atoms with Crippen molar-refractivity contribution in [1.82, 2.24) is 0 Å². The Kier molecular flexibility index (Phi) is 5.34. The predicted molar refractivity (Wildman–Crippen MR) is 58.2 cm³/mol. The van der Waals surface area contributed by atoms with Gasteiger partial charge in [-0.05, 0) is 6.42 Å². The van der Waals surface area contributed by atoms with Gasteiger partial charge < -0.3 is 15.2 Å². The Balaban J connectivity index is 2.65. The van der Waals surface area contributed by atoms with E-state index in [0.717, 1.165) is 6.07 Å². The van der Waals surface area contributed by atoms with Crippen LogP contribution in [0.2, 0.25) is 0 Å². The maximum absolute atomic E-state index is 13.2. The summed E-state index contributed by atoms with van der Waals surface area (Å²) in [5, 5.41) is 0. The molecule has 9 heteroatoms. The van der Waals surface area contributed by atoms with Gasteiger partial charge >= 0.3 is 12.8 Å². The second kappa shape index (κ2) is 6.58. The summed E-state index contributed by atoms with van der Waals surface area (Å²) in [5.74, 6) is -2.13. The van der Waals surface area contributed by atoms with Gasteiger partial charge in [0.2, 0.25) is 0 Å². The largest absolute Gasteiger partial charge is 0.491 e. The van der Waals surface area contributed by atoms with Crippen molar-refractivity contribution in [3.63, 3.8) is 0 Å². The molecule has 0 saturated carbocycles. The number of halogens is 6.